The number of para-hydroxylation sites is 1. The molecule has 5 heteroatoms. The first-order valence-electron chi connectivity index (χ1n) is 12.6. The Morgan fingerprint density at radius 1 is 0.971 bits per heavy atom. The lowest BCUT2D eigenvalue weighted by Gasteiger charge is -2.26. The van der Waals surface area contributed by atoms with Crippen molar-refractivity contribution in [3.8, 4) is 5.69 Å². The maximum atomic E-state index is 12.6. The van der Waals surface area contributed by atoms with Crippen LogP contribution >= 0.6 is 0 Å². The normalized spacial score (nSPS) is 14.4. The van der Waals surface area contributed by atoms with Crippen molar-refractivity contribution < 1.29 is 9.53 Å². The molecule has 0 atom stereocenters. The largest absolute Gasteiger partial charge is 0.379 e. The Labute approximate surface area is 207 Å². The standard InChI is InChI=1S/C30H33N3O2/c1-23-18-25(21-31-20-23)8-11-28(34)19-24-6-9-27(10-7-24)33-22-26(29-4-2-3-5-30(29)33)12-13-32-14-16-35-17-15-32/h2-7,9-10,18,20-22H,8,11-17,19H2,1H3. The Kier molecular flexibility index (Phi) is 7.36. The van der Waals surface area contributed by atoms with E-state index in [1.807, 2.05) is 19.3 Å². The van der Waals surface area contributed by atoms with E-state index in [9.17, 15) is 4.79 Å². The Morgan fingerprint density at radius 3 is 2.57 bits per heavy atom. The number of Topliss-reactive ketones (excluding diaryl/α,β-unsaturated/α-hetero) is 1. The summed E-state index contributed by atoms with van der Waals surface area (Å²) in [6.07, 6.45) is 8.75. The van der Waals surface area contributed by atoms with E-state index >= 15 is 0 Å². The van der Waals surface area contributed by atoms with Crippen molar-refractivity contribution in [2.45, 2.75) is 32.6 Å². The first-order chi connectivity index (χ1) is 17.2. The summed E-state index contributed by atoms with van der Waals surface area (Å²) in [4.78, 5) is 19.3. The highest BCUT2D eigenvalue weighted by molar-refractivity contribution is 5.86. The van der Waals surface area contributed by atoms with Crippen molar-refractivity contribution in [3.63, 3.8) is 0 Å². The Balaban J connectivity index is 1.25. The minimum Gasteiger partial charge on any atom is -0.379 e. The molecule has 2 aromatic heterocycles. The van der Waals surface area contributed by atoms with Crippen LogP contribution in [0.3, 0.4) is 0 Å². The average molecular weight is 468 g/mol. The smallest absolute Gasteiger partial charge is 0.137 e. The molecule has 4 aromatic rings. The summed E-state index contributed by atoms with van der Waals surface area (Å²) in [7, 11) is 0. The van der Waals surface area contributed by atoms with Gasteiger partial charge in [-0.1, -0.05) is 36.4 Å². The number of aryl methyl sites for hydroxylation is 2. The molecule has 0 bridgehead atoms. The summed E-state index contributed by atoms with van der Waals surface area (Å²) in [6, 6.07) is 19.2. The minimum absolute atomic E-state index is 0.260. The second kappa shape index (κ2) is 11.0. The molecule has 0 saturated carbocycles. The van der Waals surface area contributed by atoms with Crippen LogP contribution in [0.1, 0.15) is 28.7 Å². The molecule has 1 fully saturated rings. The third-order valence-electron chi connectivity index (χ3n) is 6.84. The van der Waals surface area contributed by atoms with Crippen LogP contribution in [0, 0.1) is 6.92 Å². The summed E-state index contributed by atoms with van der Waals surface area (Å²) >= 11 is 0. The second-order valence-electron chi connectivity index (χ2n) is 9.50. The van der Waals surface area contributed by atoms with Crippen LogP contribution in [0.2, 0.25) is 0 Å². The number of morpholine rings is 1. The molecule has 0 N–H and O–H groups in total. The molecule has 0 spiro atoms. The van der Waals surface area contributed by atoms with E-state index in [0.717, 1.165) is 68.1 Å². The number of nitrogens with zero attached hydrogens (tertiary/aromatic N) is 3. The van der Waals surface area contributed by atoms with Gasteiger partial charge in [0.15, 0.2) is 0 Å². The van der Waals surface area contributed by atoms with Gasteiger partial charge in [-0.15, -0.1) is 0 Å². The van der Waals surface area contributed by atoms with Gasteiger partial charge in [0.25, 0.3) is 0 Å². The molecule has 5 nitrogen and oxygen atoms in total. The van der Waals surface area contributed by atoms with E-state index in [4.69, 9.17) is 4.74 Å². The van der Waals surface area contributed by atoms with Gasteiger partial charge in [-0.05, 0) is 60.2 Å². The molecule has 1 aliphatic heterocycles. The fraction of sp³-hybridized carbons (Fsp3) is 0.333. The average Bonchev–Trinajstić information content (AvgIpc) is 3.26. The van der Waals surface area contributed by atoms with Crippen LogP contribution in [0.25, 0.3) is 16.6 Å². The summed E-state index contributed by atoms with van der Waals surface area (Å²) < 4.78 is 7.76. The van der Waals surface area contributed by atoms with E-state index in [1.165, 1.54) is 16.5 Å². The molecule has 1 saturated heterocycles. The van der Waals surface area contributed by atoms with Gasteiger partial charge in [0.1, 0.15) is 5.78 Å². The fourth-order valence-corrected chi connectivity index (χ4v) is 4.89. The number of fused-ring (bicyclic) bond motifs is 1. The van der Waals surface area contributed by atoms with Gasteiger partial charge in [-0.25, -0.2) is 0 Å². The number of carbonyl (C=O) groups is 1. The van der Waals surface area contributed by atoms with Gasteiger partial charge >= 0.3 is 0 Å². The zero-order valence-electron chi connectivity index (χ0n) is 20.5. The lowest BCUT2D eigenvalue weighted by atomic mass is 10.0. The highest BCUT2D eigenvalue weighted by Crippen LogP contribution is 2.26. The lowest BCUT2D eigenvalue weighted by molar-refractivity contribution is -0.118. The first-order valence-corrected chi connectivity index (χ1v) is 12.6. The SMILES string of the molecule is Cc1cncc(CCC(=O)Cc2ccc(-n3cc(CCN4CCOCC4)c4ccccc43)cc2)c1. The molecule has 5 rings (SSSR count). The minimum atomic E-state index is 0.260. The monoisotopic (exact) mass is 467 g/mol. The molecule has 3 heterocycles. The van der Waals surface area contributed by atoms with E-state index in [-0.39, 0.29) is 5.78 Å². The quantitative estimate of drug-likeness (QED) is 0.349. The molecule has 1 aliphatic rings. The number of carbonyl (C=O) groups excluding carboxylic acids is 1. The number of hydrogen-bond donors (Lipinski definition) is 0. The third-order valence-corrected chi connectivity index (χ3v) is 6.84. The maximum absolute atomic E-state index is 12.6. The van der Waals surface area contributed by atoms with Crippen LogP contribution in [0.15, 0.2) is 73.2 Å². The number of ketones is 1. The summed E-state index contributed by atoms with van der Waals surface area (Å²) in [5.74, 6) is 0.260. The van der Waals surface area contributed by atoms with E-state index in [0.29, 0.717) is 12.8 Å². The van der Waals surface area contributed by atoms with Gasteiger partial charge in [0.2, 0.25) is 0 Å². The molecular weight excluding hydrogens is 434 g/mol. The molecule has 0 unspecified atom stereocenters. The van der Waals surface area contributed by atoms with Crippen molar-refractivity contribution >= 4 is 16.7 Å². The lowest BCUT2D eigenvalue weighted by Crippen LogP contribution is -2.37. The Morgan fingerprint density at radius 2 is 1.77 bits per heavy atom. The van der Waals surface area contributed by atoms with E-state index in [1.54, 1.807) is 0 Å². The summed E-state index contributed by atoms with van der Waals surface area (Å²) in [5, 5.41) is 1.31. The van der Waals surface area contributed by atoms with E-state index in [2.05, 4.69) is 75.2 Å². The zero-order chi connectivity index (χ0) is 24.0. The van der Waals surface area contributed by atoms with E-state index < -0.39 is 0 Å². The molecule has 2 aromatic carbocycles. The Hall–Kier alpha value is -3.28. The maximum Gasteiger partial charge on any atom is 0.137 e. The predicted octanol–water partition coefficient (Wildman–Crippen LogP) is 4.95. The highest BCUT2D eigenvalue weighted by atomic mass is 16.5. The molecule has 0 radical (unpaired) electrons. The van der Waals surface area contributed by atoms with Crippen molar-refractivity contribution in [2.24, 2.45) is 0 Å². The van der Waals surface area contributed by atoms with Crippen LogP contribution in [0.4, 0.5) is 0 Å². The highest BCUT2D eigenvalue weighted by Gasteiger charge is 2.14. The number of hydrogen-bond acceptors (Lipinski definition) is 4. The Bertz CT molecular complexity index is 1290. The topological polar surface area (TPSA) is 47.4 Å². The zero-order valence-corrected chi connectivity index (χ0v) is 20.5. The number of ether oxygens (including phenoxy) is 1. The number of pyridine rings is 1. The molecule has 180 valence electrons. The number of rotatable bonds is 9. The van der Waals surface area contributed by atoms with Crippen LogP contribution in [0.5, 0.6) is 0 Å². The van der Waals surface area contributed by atoms with Crippen LogP contribution in [-0.4, -0.2) is 53.1 Å². The first kappa shape index (κ1) is 23.5. The summed E-state index contributed by atoms with van der Waals surface area (Å²) in [6.45, 7) is 6.78. The third kappa shape index (κ3) is 5.87. The van der Waals surface area contributed by atoms with Crippen molar-refractivity contribution in [3.05, 3.63) is 95.4 Å². The molecule has 0 aliphatic carbocycles. The van der Waals surface area contributed by atoms with Crippen molar-refractivity contribution in [2.75, 3.05) is 32.8 Å². The molecule has 35 heavy (non-hydrogen) atoms. The van der Waals surface area contributed by atoms with Crippen molar-refractivity contribution in [1.82, 2.24) is 14.5 Å². The van der Waals surface area contributed by atoms with Crippen molar-refractivity contribution in [1.29, 1.82) is 0 Å². The van der Waals surface area contributed by atoms with Gasteiger partial charge in [-0.2, -0.15) is 0 Å². The van der Waals surface area contributed by atoms with Gasteiger partial charge < -0.3 is 9.30 Å². The van der Waals surface area contributed by atoms with Crippen LogP contribution in [-0.2, 0) is 28.8 Å². The van der Waals surface area contributed by atoms with Gasteiger partial charge in [0, 0.05) is 62.1 Å². The molecular formula is C30H33N3O2. The second-order valence-corrected chi connectivity index (χ2v) is 9.50. The van der Waals surface area contributed by atoms with Gasteiger partial charge in [0.05, 0.1) is 18.7 Å². The summed E-state index contributed by atoms with van der Waals surface area (Å²) in [5.41, 5.74) is 7.04. The number of aromatic nitrogens is 2. The van der Waals surface area contributed by atoms with Crippen LogP contribution < -0.4 is 0 Å². The fourth-order valence-electron chi connectivity index (χ4n) is 4.89. The number of benzene rings is 2. The van der Waals surface area contributed by atoms with Gasteiger partial charge in [-0.3, -0.25) is 14.7 Å². The molecule has 0 amide bonds. The predicted molar refractivity (Wildman–Crippen MR) is 140 cm³/mol.